The van der Waals surface area contributed by atoms with Crippen LogP contribution in [0, 0.1) is 0 Å². The van der Waals surface area contributed by atoms with E-state index in [1.54, 1.807) is 6.92 Å². The van der Waals surface area contributed by atoms with Gasteiger partial charge in [0.15, 0.2) is 0 Å². The molecule has 1 aromatic rings. The molecule has 1 aromatic heterocycles. The number of hydrogen-bond donors (Lipinski definition) is 2. The molecule has 0 saturated heterocycles. The molecule has 1 unspecified atom stereocenters. The normalized spacial score (nSPS) is 12.3. The summed E-state index contributed by atoms with van der Waals surface area (Å²) in [4.78, 5) is 15.6. The molecule has 1 atom stereocenters. The molecule has 0 fully saturated rings. The predicted molar refractivity (Wildman–Crippen MR) is 67.9 cm³/mol. The average Bonchev–Trinajstić information content (AvgIpc) is 2.26. The van der Waals surface area contributed by atoms with Crippen LogP contribution in [0.2, 0.25) is 15.1 Å². The van der Waals surface area contributed by atoms with Gasteiger partial charge in [-0.25, -0.2) is 4.98 Å². The minimum Gasteiger partial charge on any atom is -0.396 e. The Balaban J connectivity index is 2.86. The van der Waals surface area contributed by atoms with Gasteiger partial charge in [-0.05, 0) is 13.3 Å². The lowest BCUT2D eigenvalue weighted by Crippen LogP contribution is -2.33. The Morgan fingerprint density at radius 2 is 2.12 bits per heavy atom. The number of nitrogens with one attached hydrogen (secondary N) is 1. The molecule has 2 N–H and O–H groups in total. The molecular formula is C10H11Cl3N2O2. The van der Waals surface area contributed by atoms with Crippen LogP contribution >= 0.6 is 34.8 Å². The molecule has 7 heteroatoms. The SMILES string of the molecule is CC(CCO)NC(=O)c1ncc(Cl)c(Cl)c1Cl. The van der Waals surface area contributed by atoms with E-state index in [2.05, 4.69) is 10.3 Å². The third-order valence-electron chi connectivity index (χ3n) is 2.07. The Labute approximate surface area is 114 Å². The number of nitrogens with zero attached hydrogens (tertiary/aromatic N) is 1. The molecule has 0 aliphatic heterocycles. The van der Waals surface area contributed by atoms with Crippen LogP contribution in [0.1, 0.15) is 23.8 Å². The van der Waals surface area contributed by atoms with Crippen LogP contribution in [0.5, 0.6) is 0 Å². The molecule has 4 nitrogen and oxygen atoms in total. The minimum absolute atomic E-state index is 0.00994. The highest BCUT2D eigenvalue weighted by Gasteiger charge is 2.18. The number of rotatable bonds is 4. The zero-order chi connectivity index (χ0) is 13.0. The summed E-state index contributed by atoms with van der Waals surface area (Å²) in [7, 11) is 0. The number of carbonyl (C=O) groups is 1. The standard InChI is InChI=1S/C10H11Cl3N2O2/c1-5(2-3-16)15-10(17)9-8(13)7(12)6(11)4-14-9/h4-5,16H,2-3H2,1H3,(H,15,17). The van der Waals surface area contributed by atoms with Crippen molar-refractivity contribution in [1.29, 1.82) is 0 Å². The number of hydrogen-bond acceptors (Lipinski definition) is 3. The number of amides is 1. The molecule has 0 aliphatic rings. The van der Waals surface area contributed by atoms with Gasteiger partial charge in [-0.1, -0.05) is 34.8 Å². The van der Waals surface area contributed by atoms with E-state index >= 15 is 0 Å². The van der Waals surface area contributed by atoms with Crippen LogP contribution < -0.4 is 5.32 Å². The van der Waals surface area contributed by atoms with Gasteiger partial charge >= 0.3 is 0 Å². The van der Waals surface area contributed by atoms with Gasteiger partial charge in [0.2, 0.25) is 0 Å². The highest BCUT2D eigenvalue weighted by molar-refractivity contribution is 6.48. The Bertz CT molecular complexity index is 426. The van der Waals surface area contributed by atoms with Crippen LogP contribution in [-0.2, 0) is 0 Å². The van der Waals surface area contributed by atoms with E-state index in [1.807, 2.05) is 0 Å². The smallest absolute Gasteiger partial charge is 0.271 e. The van der Waals surface area contributed by atoms with Crippen molar-refractivity contribution < 1.29 is 9.90 Å². The van der Waals surface area contributed by atoms with Crippen LogP contribution in [0.25, 0.3) is 0 Å². The van der Waals surface area contributed by atoms with Crippen molar-refractivity contribution in [2.45, 2.75) is 19.4 Å². The molecule has 1 heterocycles. The fraction of sp³-hybridized carbons (Fsp3) is 0.400. The predicted octanol–water partition coefficient (Wildman–Crippen LogP) is 2.54. The lowest BCUT2D eigenvalue weighted by Gasteiger charge is -2.13. The van der Waals surface area contributed by atoms with Crippen molar-refractivity contribution >= 4 is 40.7 Å². The van der Waals surface area contributed by atoms with Crippen molar-refractivity contribution in [3.63, 3.8) is 0 Å². The number of pyridine rings is 1. The molecule has 0 saturated carbocycles. The first-order valence-corrected chi connectivity index (χ1v) is 6.02. The van der Waals surface area contributed by atoms with E-state index in [0.717, 1.165) is 0 Å². The maximum atomic E-state index is 11.8. The molecule has 1 rings (SSSR count). The van der Waals surface area contributed by atoms with Crippen LogP contribution in [0.3, 0.4) is 0 Å². The van der Waals surface area contributed by atoms with Crippen LogP contribution in [-0.4, -0.2) is 28.6 Å². The van der Waals surface area contributed by atoms with E-state index in [9.17, 15) is 4.79 Å². The van der Waals surface area contributed by atoms with Gasteiger partial charge in [-0.3, -0.25) is 4.79 Å². The number of aliphatic hydroxyl groups excluding tert-OH is 1. The molecule has 0 spiro atoms. The van der Waals surface area contributed by atoms with E-state index in [4.69, 9.17) is 39.9 Å². The van der Waals surface area contributed by atoms with Crippen LogP contribution in [0.15, 0.2) is 6.20 Å². The van der Waals surface area contributed by atoms with E-state index in [-0.39, 0.29) is 33.4 Å². The summed E-state index contributed by atoms with van der Waals surface area (Å²) in [6, 6.07) is -0.181. The number of aliphatic hydroxyl groups is 1. The summed E-state index contributed by atoms with van der Waals surface area (Å²) in [6.07, 6.45) is 1.71. The second-order valence-corrected chi connectivity index (χ2v) is 4.63. The first kappa shape index (κ1) is 14.5. The Kier molecular flexibility index (Phi) is 5.46. The molecule has 17 heavy (non-hydrogen) atoms. The van der Waals surface area contributed by atoms with E-state index in [0.29, 0.717) is 6.42 Å². The van der Waals surface area contributed by atoms with E-state index in [1.165, 1.54) is 6.20 Å². The minimum atomic E-state index is -0.450. The Hall–Kier alpha value is -0.550. The largest absolute Gasteiger partial charge is 0.396 e. The number of aromatic nitrogens is 1. The lowest BCUT2D eigenvalue weighted by atomic mass is 10.2. The Morgan fingerprint density at radius 1 is 1.47 bits per heavy atom. The summed E-state index contributed by atoms with van der Waals surface area (Å²) in [6.45, 7) is 1.75. The first-order valence-electron chi connectivity index (χ1n) is 4.88. The summed E-state index contributed by atoms with van der Waals surface area (Å²) in [5.74, 6) is -0.450. The number of halogens is 3. The zero-order valence-corrected chi connectivity index (χ0v) is 11.3. The lowest BCUT2D eigenvalue weighted by molar-refractivity contribution is 0.0929. The molecular weight excluding hydrogens is 286 g/mol. The van der Waals surface area contributed by atoms with Gasteiger partial charge in [0, 0.05) is 18.8 Å². The van der Waals surface area contributed by atoms with Gasteiger partial charge < -0.3 is 10.4 Å². The molecule has 1 amide bonds. The quantitative estimate of drug-likeness (QED) is 0.898. The first-order chi connectivity index (χ1) is 7.97. The average molecular weight is 298 g/mol. The number of carbonyl (C=O) groups excluding carboxylic acids is 1. The zero-order valence-electron chi connectivity index (χ0n) is 9.01. The molecule has 0 bridgehead atoms. The van der Waals surface area contributed by atoms with Crippen molar-refractivity contribution in [1.82, 2.24) is 10.3 Å². The monoisotopic (exact) mass is 296 g/mol. The van der Waals surface area contributed by atoms with Crippen LogP contribution in [0.4, 0.5) is 0 Å². The third kappa shape index (κ3) is 3.71. The summed E-state index contributed by atoms with van der Waals surface area (Å²) in [5, 5.41) is 11.7. The summed E-state index contributed by atoms with van der Waals surface area (Å²) >= 11 is 17.4. The maximum Gasteiger partial charge on any atom is 0.271 e. The molecule has 0 aromatic carbocycles. The van der Waals surface area contributed by atoms with Crippen molar-refractivity contribution in [3.8, 4) is 0 Å². The highest BCUT2D eigenvalue weighted by atomic mass is 35.5. The fourth-order valence-electron chi connectivity index (χ4n) is 1.16. The summed E-state index contributed by atoms with van der Waals surface area (Å²) in [5.41, 5.74) is 0.0193. The summed E-state index contributed by atoms with van der Waals surface area (Å²) < 4.78 is 0. The second kappa shape index (κ2) is 6.40. The van der Waals surface area contributed by atoms with Gasteiger partial charge in [0.25, 0.3) is 5.91 Å². The van der Waals surface area contributed by atoms with Gasteiger partial charge in [-0.2, -0.15) is 0 Å². The topological polar surface area (TPSA) is 62.2 Å². The highest BCUT2D eigenvalue weighted by Crippen LogP contribution is 2.30. The van der Waals surface area contributed by atoms with Gasteiger partial charge in [0.05, 0.1) is 15.1 Å². The van der Waals surface area contributed by atoms with Gasteiger partial charge in [0.1, 0.15) is 5.69 Å². The molecule has 0 radical (unpaired) electrons. The third-order valence-corrected chi connectivity index (χ3v) is 3.31. The van der Waals surface area contributed by atoms with Gasteiger partial charge in [-0.15, -0.1) is 0 Å². The maximum absolute atomic E-state index is 11.8. The molecule has 0 aliphatic carbocycles. The van der Waals surface area contributed by atoms with E-state index < -0.39 is 5.91 Å². The second-order valence-electron chi connectivity index (χ2n) is 3.47. The van der Waals surface area contributed by atoms with Crippen molar-refractivity contribution in [3.05, 3.63) is 27.0 Å². The Morgan fingerprint density at radius 3 is 2.71 bits per heavy atom. The molecule has 94 valence electrons. The fourth-order valence-corrected chi connectivity index (χ4v) is 1.73. The van der Waals surface area contributed by atoms with Crippen molar-refractivity contribution in [2.75, 3.05) is 6.61 Å². The van der Waals surface area contributed by atoms with Crippen molar-refractivity contribution in [2.24, 2.45) is 0 Å².